The summed E-state index contributed by atoms with van der Waals surface area (Å²) in [5.41, 5.74) is 1.33. The smallest absolute Gasteiger partial charge is 0.268 e. The molecule has 1 heterocycles. The van der Waals surface area contributed by atoms with Crippen molar-refractivity contribution < 1.29 is 9.18 Å². The Hall–Kier alpha value is -1.62. The number of carbonyl (C=O) groups is 1. The van der Waals surface area contributed by atoms with Gasteiger partial charge in [-0.05, 0) is 53.5 Å². The van der Waals surface area contributed by atoms with Gasteiger partial charge in [-0.2, -0.15) is 0 Å². The quantitative estimate of drug-likeness (QED) is 0.901. The molecule has 0 aliphatic heterocycles. The Morgan fingerprint density at radius 1 is 1.45 bits per heavy atom. The third-order valence-corrected chi connectivity index (χ3v) is 3.57. The fourth-order valence-corrected chi connectivity index (χ4v) is 2.52. The van der Waals surface area contributed by atoms with Gasteiger partial charge in [0.05, 0.1) is 6.04 Å². The van der Waals surface area contributed by atoms with Crippen LogP contribution in [0.15, 0.2) is 41.0 Å². The average Bonchev–Trinajstić information content (AvgIpc) is 2.80. The maximum absolute atomic E-state index is 13.2. The van der Waals surface area contributed by atoms with Crippen molar-refractivity contribution in [3.63, 3.8) is 0 Å². The van der Waals surface area contributed by atoms with E-state index in [4.69, 9.17) is 0 Å². The third-order valence-electron chi connectivity index (χ3n) is 3.13. The van der Waals surface area contributed by atoms with Crippen molar-refractivity contribution in [3.05, 3.63) is 58.1 Å². The van der Waals surface area contributed by atoms with Crippen LogP contribution in [-0.2, 0) is 6.54 Å². The van der Waals surface area contributed by atoms with E-state index < -0.39 is 0 Å². The van der Waals surface area contributed by atoms with Crippen LogP contribution in [0.25, 0.3) is 0 Å². The van der Waals surface area contributed by atoms with Crippen LogP contribution in [0.4, 0.5) is 4.39 Å². The molecule has 0 fully saturated rings. The van der Waals surface area contributed by atoms with Gasteiger partial charge in [-0.1, -0.05) is 12.1 Å². The van der Waals surface area contributed by atoms with Gasteiger partial charge in [0.1, 0.15) is 11.5 Å². The fourth-order valence-electron chi connectivity index (χ4n) is 2.06. The van der Waals surface area contributed by atoms with Crippen LogP contribution >= 0.6 is 15.9 Å². The van der Waals surface area contributed by atoms with Crippen LogP contribution in [0.3, 0.4) is 0 Å². The van der Waals surface area contributed by atoms with Gasteiger partial charge < -0.3 is 9.88 Å². The van der Waals surface area contributed by atoms with Crippen LogP contribution in [0.2, 0.25) is 0 Å². The summed E-state index contributed by atoms with van der Waals surface area (Å²) in [6.07, 6.45) is 1.86. The molecule has 0 aliphatic rings. The molecule has 20 heavy (non-hydrogen) atoms. The van der Waals surface area contributed by atoms with Gasteiger partial charge in [0.25, 0.3) is 5.91 Å². The maximum atomic E-state index is 13.2. The molecule has 1 aromatic heterocycles. The zero-order valence-corrected chi connectivity index (χ0v) is 12.9. The molecular formula is C15H16BrFN2O. The van der Waals surface area contributed by atoms with E-state index >= 15 is 0 Å². The molecule has 0 spiro atoms. The van der Waals surface area contributed by atoms with Crippen molar-refractivity contribution in [2.75, 3.05) is 0 Å². The lowest BCUT2D eigenvalue weighted by atomic mass is 10.1. The molecule has 0 aliphatic carbocycles. The Balaban J connectivity index is 2.15. The Labute approximate surface area is 125 Å². The van der Waals surface area contributed by atoms with Crippen molar-refractivity contribution in [3.8, 4) is 0 Å². The second-order valence-electron chi connectivity index (χ2n) is 4.58. The van der Waals surface area contributed by atoms with Crippen molar-refractivity contribution >= 4 is 21.8 Å². The Morgan fingerprint density at radius 3 is 2.85 bits per heavy atom. The summed E-state index contributed by atoms with van der Waals surface area (Å²) in [7, 11) is 0. The Kier molecular flexibility index (Phi) is 4.60. The molecular weight excluding hydrogens is 323 g/mol. The largest absolute Gasteiger partial charge is 0.344 e. The number of nitrogens with zero attached hydrogens (tertiary/aromatic N) is 1. The zero-order valence-electron chi connectivity index (χ0n) is 11.4. The summed E-state index contributed by atoms with van der Waals surface area (Å²) in [4.78, 5) is 12.3. The first-order chi connectivity index (χ1) is 9.51. The molecule has 2 rings (SSSR count). The Morgan fingerprint density at radius 2 is 2.20 bits per heavy atom. The molecule has 5 heteroatoms. The van der Waals surface area contributed by atoms with Crippen LogP contribution in [0, 0.1) is 5.82 Å². The maximum Gasteiger partial charge on any atom is 0.268 e. The highest BCUT2D eigenvalue weighted by Crippen LogP contribution is 2.18. The van der Waals surface area contributed by atoms with E-state index in [0.29, 0.717) is 12.2 Å². The van der Waals surface area contributed by atoms with Crippen molar-refractivity contribution in [1.29, 1.82) is 0 Å². The van der Waals surface area contributed by atoms with Gasteiger partial charge >= 0.3 is 0 Å². The first-order valence-electron chi connectivity index (χ1n) is 6.43. The van der Waals surface area contributed by atoms with Crippen LogP contribution < -0.4 is 5.32 Å². The van der Waals surface area contributed by atoms with Crippen molar-refractivity contribution in [2.24, 2.45) is 0 Å². The molecule has 3 nitrogen and oxygen atoms in total. The molecule has 0 bridgehead atoms. The minimum Gasteiger partial charge on any atom is -0.344 e. The number of halogens is 2. The number of nitrogens with one attached hydrogen (secondary N) is 1. The average molecular weight is 339 g/mol. The fraction of sp³-hybridized carbons (Fsp3) is 0.267. The number of benzene rings is 1. The molecule has 1 atom stereocenters. The number of hydrogen-bond acceptors (Lipinski definition) is 1. The molecule has 1 N–H and O–H groups in total. The first kappa shape index (κ1) is 14.8. The highest BCUT2D eigenvalue weighted by atomic mass is 79.9. The summed E-state index contributed by atoms with van der Waals surface area (Å²) in [5, 5.41) is 2.88. The normalized spacial score (nSPS) is 12.2. The van der Waals surface area contributed by atoms with E-state index in [9.17, 15) is 9.18 Å². The van der Waals surface area contributed by atoms with E-state index in [1.54, 1.807) is 18.2 Å². The van der Waals surface area contributed by atoms with Gasteiger partial charge in [-0.3, -0.25) is 4.79 Å². The van der Waals surface area contributed by atoms with Gasteiger partial charge in [-0.15, -0.1) is 0 Å². The third kappa shape index (κ3) is 3.28. The monoisotopic (exact) mass is 338 g/mol. The van der Waals surface area contributed by atoms with Gasteiger partial charge in [-0.25, -0.2) is 4.39 Å². The first-order valence-corrected chi connectivity index (χ1v) is 7.22. The number of hydrogen-bond donors (Lipinski definition) is 1. The number of aryl methyl sites for hydroxylation is 1. The Bertz CT molecular complexity index is 624. The van der Waals surface area contributed by atoms with Crippen LogP contribution in [0.5, 0.6) is 0 Å². The van der Waals surface area contributed by atoms with Gasteiger partial charge in [0.2, 0.25) is 0 Å². The summed E-state index contributed by atoms with van der Waals surface area (Å²) < 4.78 is 15.9. The van der Waals surface area contributed by atoms with Crippen molar-refractivity contribution in [1.82, 2.24) is 9.88 Å². The lowest BCUT2D eigenvalue weighted by Crippen LogP contribution is -2.28. The molecule has 1 amide bonds. The molecule has 0 radical (unpaired) electrons. The standard InChI is InChI=1S/C15H16BrFN2O/c1-3-19-9-12(16)8-14(19)15(20)18-10(2)11-5-4-6-13(17)7-11/h4-10H,3H2,1-2H3,(H,18,20). The minimum atomic E-state index is -0.303. The lowest BCUT2D eigenvalue weighted by molar-refractivity contribution is 0.0930. The highest BCUT2D eigenvalue weighted by molar-refractivity contribution is 9.10. The summed E-state index contributed by atoms with van der Waals surface area (Å²) in [6, 6.07) is 7.77. The predicted molar refractivity (Wildman–Crippen MR) is 80.1 cm³/mol. The number of aromatic nitrogens is 1. The summed E-state index contributed by atoms with van der Waals surface area (Å²) in [5.74, 6) is -0.474. The lowest BCUT2D eigenvalue weighted by Gasteiger charge is -2.15. The summed E-state index contributed by atoms with van der Waals surface area (Å²) >= 11 is 3.36. The van der Waals surface area contributed by atoms with E-state index in [1.807, 2.05) is 24.6 Å². The number of amides is 1. The van der Waals surface area contributed by atoms with Crippen LogP contribution in [-0.4, -0.2) is 10.5 Å². The van der Waals surface area contributed by atoms with Gasteiger partial charge in [0, 0.05) is 17.2 Å². The SMILES string of the molecule is CCn1cc(Br)cc1C(=O)NC(C)c1cccc(F)c1. The van der Waals surface area contributed by atoms with E-state index in [0.717, 1.165) is 10.0 Å². The molecule has 1 unspecified atom stereocenters. The number of carbonyl (C=O) groups excluding carboxylic acids is 1. The molecule has 2 aromatic rings. The second kappa shape index (κ2) is 6.22. The predicted octanol–water partition coefficient (Wildman–Crippen LogP) is 3.90. The van der Waals surface area contributed by atoms with Crippen LogP contribution in [0.1, 0.15) is 35.9 Å². The molecule has 106 valence electrons. The zero-order chi connectivity index (χ0) is 14.7. The second-order valence-corrected chi connectivity index (χ2v) is 5.50. The highest BCUT2D eigenvalue weighted by Gasteiger charge is 2.15. The topological polar surface area (TPSA) is 34.0 Å². The van der Waals surface area contributed by atoms with Crippen molar-refractivity contribution in [2.45, 2.75) is 26.4 Å². The molecule has 1 aromatic carbocycles. The van der Waals surface area contributed by atoms with E-state index in [1.165, 1.54) is 12.1 Å². The number of rotatable bonds is 4. The molecule has 0 saturated heterocycles. The minimum absolute atomic E-state index is 0.172. The molecule has 0 saturated carbocycles. The van der Waals surface area contributed by atoms with E-state index in [-0.39, 0.29) is 17.8 Å². The summed E-state index contributed by atoms with van der Waals surface area (Å²) in [6.45, 7) is 4.52. The van der Waals surface area contributed by atoms with E-state index in [2.05, 4.69) is 21.2 Å². The van der Waals surface area contributed by atoms with Gasteiger partial charge in [0.15, 0.2) is 0 Å².